The number of hydrogen-bond donors (Lipinski definition) is 11. The summed E-state index contributed by atoms with van der Waals surface area (Å²) in [7, 11) is 8.28. The predicted molar refractivity (Wildman–Crippen MR) is 498 cm³/mol. The summed E-state index contributed by atoms with van der Waals surface area (Å²) < 4.78 is 58.4. The van der Waals surface area contributed by atoms with E-state index in [4.69, 9.17) is 47.4 Å². The summed E-state index contributed by atoms with van der Waals surface area (Å²) in [6.45, 7) is 22.0. The lowest BCUT2D eigenvalue weighted by Crippen LogP contribution is -2.60. The standard InChI is InChI=1S/C99H157N13O20/c1-67(2)90(82(114)62-68(3)92(119)102-71-28-24-69-26-34-84-96(4,76(69)63-71)38-18-40-98(84,6)94(121)105-95(122)99(7)41-19-39-97(5)77-64-72(113)29-25-70(77)27-35-85(97)99)104-93(120)79(103-87(116)37-48-125-52-56-129-59-58-127-54-50-123-46-17-23-89(118)132-65-75-73-30-32-78-80(33-31-74(73)75)110(8)108-106-78)20-15-16-42-100-88(117)66-131-83-22-14-12-13-21-81-91(83)107-109-111(81)44-49-126-53-57-130-61-60-128-55-51-124-47-36-86(115)101-43-45-112(9,10)11/h24-25,28-29,63-64,67-68,73-75,79,83-85,90,106-109H,12-23,26-27,30-62,65-66H2,1-11H3,(H6-,100,101,102,103,104,105,113,115,116,117,119,120,121,122)/p+1/t68-,73+,74-,75+,79-,83?,84-,85-,90+,96-,97-,98+,99+/m1/s1. The van der Waals surface area contributed by atoms with Gasteiger partial charge < -0.3 is 94.4 Å². The Morgan fingerprint density at radius 2 is 1.12 bits per heavy atom. The summed E-state index contributed by atoms with van der Waals surface area (Å²) in [5.74, 6) is -2.14. The molecule has 9 aliphatic rings. The van der Waals surface area contributed by atoms with Crippen molar-refractivity contribution in [3.05, 3.63) is 81.4 Å². The molecule has 7 amide bonds. The number of carbonyl (C=O) groups excluding carboxylic acids is 9. The molecule has 0 radical (unpaired) electrons. The lowest BCUT2D eigenvalue weighted by molar-refractivity contribution is -0.869. The Labute approximate surface area is 782 Å². The Bertz CT molecular complexity index is 4220. The summed E-state index contributed by atoms with van der Waals surface area (Å²) in [5.41, 5.74) is 20.3. The lowest BCUT2D eigenvalue weighted by atomic mass is 9.49. The molecule has 1 unspecified atom stereocenters. The summed E-state index contributed by atoms with van der Waals surface area (Å²) in [5, 5.41) is 32.6. The molecule has 11 N–H and O–H groups in total. The SMILES string of the molecule is CC(C)[C@H](NC(=O)[C@@H](CCCCNC(=O)COC1CCCCCC2=C1NNN2CCOCCOCCOCCOCCC(=O)NCC[N+](C)(C)C)NC(=O)CCOCCOCCOCCOCCCC(=O)OC[C@@H]1[C@@H]2CCC3=C(CC[C@@H]21)NNN3C)C(=O)C[C@@H](C)C(=O)Nc1ccc2c(c1)[C@@]1(C)CCC[C@](C)(C(=O)NC(=O)[C@@]3(C)CCC[C@]4(C)c5cc(O)ccc5CC[C@@H]34)[C@@H]1CC2. The smallest absolute Gasteiger partial charge is 0.305 e. The highest BCUT2D eigenvalue weighted by atomic mass is 16.6. The third-order valence-electron chi connectivity index (χ3n) is 29.4. The van der Waals surface area contributed by atoms with Crippen LogP contribution in [-0.4, -0.2) is 264 Å². The minimum absolute atomic E-state index is 0.0116. The molecule has 33 heteroatoms. The molecular weight excluding hydrogens is 1690 g/mol. The van der Waals surface area contributed by atoms with Crippen molar-refractivity contribution in [2.75, 3.05) is 179 Å². The first kappa shape index (κ1) is 105. The number of fused-ring (bicyclic) bond motifs is 7. The normalized spacial score (nSPS) is 25.0. The van der Waals surface area contributed by atoms with Gasteiger partial charge >= 0.3 is 5.97 Å². The number of aryl methyl sites for hydroxylation is 2. The number of quaternary nitrogens is 1. The van der Waals surface area contributed by atoms with Crippen molar-refractivity contribution < 1.29 is 100 Å². The number of nitrogens with zero attached hydrogens (tertiary/aromatic N) is 3. The van der Waals surface area contributed by atoms with Crippen LogP contribution in [0.2, 0.25) is 0 Å². The van der Waals surface area contributed by atoms with Crippen molar-refractivity contribution in [3.8, 4) is 5.75 Å². The summed E-state index contributed by atoms with van der Waals surface area (Å²) in [6.07, 6.45) is 18.0. The summed E-state index contributed by atoms with van der Waals surface area (Å²) in [6, 6.07) is 9.50. The molecule has 33 nitrogen and oxygen atoms in total. The number of carbonyl (C=O) groups is 9. The molecule has 13 atom stereocenters. The van der Waals surface area contributed by atoms with Crippen LogP contribution in [-0.2, 0) is 114 Å². The number of allylic oxidation sites excluding steroid dienone is 3. The van der Waals surface area contributed by atoms with E-state index < -0.39 is 52.0 Å². The summed E-state index contributed by atoms with van der Waals surface area (Å²) >= 11 is 0. The number of aromatic hydroxyl groups is 1. The van der Waals surface area contributed by atoms with E-state index in [0.29, 0.717) is 174 Å². The maximum absolute atomic E-state index is 15.0. The third-order valence-corrected chi connectivity index (χ3v) is 29.4. The second kappa shape index (κ2) is 50.8. The molecule has 0 aromatic heterocycles. The zero-order valence-corrected chi connectivity index (χ0v) is 80.9. The lowest BCUT2D eigenvalue weighted by Gasteiger charge is -2.56. The zero-order valence-electron chi connectivity index (χ0n) is 80.9. The van der Waals surface area contributed by atoms with Crippen molar-refractivity contribution in [2.45, 2.75) is 251 Å². The third kappa shape index (κ3) is 29.6. The second-order valence-corrected chi connectivity index (χ2v) is 40.3. The van der Waals surface area contributed by atoms with Crippen LogP contribution in [0.4, 0.5) is 5.69 Å². The molecule has 0 bridgehead atoms. The number of likely N-dealkylation sites (N-methyl/N-ethyl adjacent to an activating group) is 1. The molecule has 0 spiro atoms. The van der Waals surface area contributed by atoms with Crippen LogP contribution in [0.25, 0.3) is 0 Å². The van der Waals surface area contributed by atoms with Gasteiger partial charge in [0.2, 0.25) is 41.4 Å². The van der Waals surface area contributed by atoms with Crippen LogP contribution >= 0.6 is 0 Å². The highest BCUT2D eigenvalue weighted by Gasteiger charge is 2.59. The van der Waals surface area contributed by atoms with E-state index in [9.17, 15) is 48.3 Å². The highest BCUT2D eigenvalue weighted by Crippen LogP contribution is 2.61. The first-order valence-electron chi connectivity index (χ1n) is 49.4. The molecule has 2 aliphatic heterocycles. The number of ether oxygens (including phenoxy) is 10. The summed E-state index contributed by atoms with van der Waals surface area (Å²) in [4.78, 5) is 125. The number of hydrogen-bond acceptors (Lipinski definition) is 26. The molecule has 132 heavy (non-hydrogen) atoms. The second-order valence-electron chi connectivity index (χ2n) is 40.3. The largest absolute Gasteiger partial charge is 0.508 e. The maximum atomic E-state index is 15.0. The van der Waals surface area contributed by atoms with Crippen LogP contribution in [0.1, 0.15) is 231 Å². The number of phenols is 1. The Morgan fingerprint density at radius 3 is 1.74 bits per heavy atom. The number of unbranched alkanes of at least 4 members (excludes halogenated alkanes) is 1. The molecule has 2 aromatic carbocycles. The van der Waals surface area contributed by atoms with Crippen LogP contribution in [0.5, 0.6) is 5.75 Å². The number of amides is 7. The number of anilines is 1. The Hall–Kier alpha value is -7.93. The molecule has 11 rings (SSSR count). The number of rotatable bonds is 55. The first-order chi connectivity index (χ1) is 63.4. The number of phenolic OH excluding ortho intramolecular Hbond substituents is 1. The van der Waals surface area contributed by atoms with Gasteiger partial charge in [-0.3, -0.25) is 58.5 Å². The van der Waals surface area contributed by atoms with Gasteiger partial charge in [0.1, 0.15) is 24.5 Å². The van der Waals surface area contributed by atoms with Gasteiger partial charge in [0.25, 0.3) is 0 Å². The molecule has 738 valence electrons. The van der Waals surface area contributed by atoms with Gasteiger partial charge in [0.05, 0.1) is 180 Å². The van der Waals surface area contributed by atoms with E-state index in [2.05, 4.69) is 93.8 Å². The fourth-order valence-corrected chi connectivity index (χ4v) is 21.8. The van der Waals surface area contributed by atoms with Crippen molar-refractivity contribution in [3.63, 3.8) is 0 Å². The van der Waals surface area contributed by atoms with Crippen LogP contribution in [0.3, 0.4) is 0 Å². The van der Waals surface area contributed by atoms with E-state index in [1.807, 2.05) is 70.1 Å². The van der Waals surface area contributed by atoms with E-state index >= 15 is 0 Å². The fourth-order valence-electron chi connectivity index (χ4n) is 21.8. The van der Waals surface area contributed by atoms with E-state index in [1.54, 1.807) is 13.0 Å². The van der Waals surface area contributed by atoms with Crippen molar-refractivity contribution in [2.24, 2.45) is 52.3 Å². The molecule has 7 aliphatic carbocycles. The minimum Gasteiger partial charge on any atom is -0.508 e. The molecule has 2 heterocycles. The Morgan fingerprint density at radius 1 is 0.545 bits per heavy atom. The fraction of sp³-hybridized carbons (Fsp3) is 0.747. The highest BCUT2D eigenvalue weighted by molar-refractivity contribution is 6.01. The van der Waals surface area contributed by atoms with Gasteiger partial charge in [-0.1, -0.05) is 86.3 Å². The van der Waals surface area contributed by atoms with Crippen molar-refractivity contribution in [1.29, 1.82) is 0 Å². The molecule has 2 aromatic rings. The first-order valence-corrected chi connectivity index (χ1v) is 49.4. The van der Waals surface area contributed by atoms with Crippen LogP contribution < -0.4 is 53.8 Å². The van der Waals surface area contributed by atoms with Gasteiger partial charge in [-0.05, 0) is 215 Å². The monoisotopic (exact) mass is 1850 g/mol. The topological polar surface area (TPSA) is 393 Å². The molecule has 0 saturated heterocycles. The average Bonchev–Trinajstić information content (AvgIpc) is 0.934. The average molecular weight is 1850 g/mol. The van der Waals surface area contributed by atoms with E-state index in [0.717, 1.165) is 148 Å². The maximum Gasteiger partial charge on any atom is 0.305 e. The quantitative estimate of drug-likeness (QED) is 0.0127. The number of benzene rings is 2. The molecule has 3 fully saturated rings. The Balaban J connectivity index is 0.603. The zero-order chi connectivity index (χ0) is 94.4. The number of hydrazine groups is 4. The van der Waals surface area contributed by atoms with Gasteiger partial charge in [-0.2, -0.15) is 0 Å². The van der Waals surface area contributed by atoms with Gasteiger partial charge in [0.15, 0.2) is 5.78 Å². The van der Waals surface area contributed by atoms with Gasteiger partial charge in [-0.25, -0.2) is 0 Å². The van der Waals surface area contributed by atoms with Gasteiger partial charge in [-0.15, -0.1) is 11.1 Å². The van der Waals surface area contributed by atoms with Gasteiger partial charge in [0, 0.05) is 63.2 Å². The van der Waals surface area contributed by atoms with E-state index in [1.165, 1.54) is 17.0 Å². The molecular formula is C99H158N13O20+. The molecule has 3 saturated carbocycles. The van der Waals surface area contributed by atoms with Crippen LogP contribution in [0, 0.1) is 52.3 Å². The predicted octanol–water partition coefficient (Wildman–Crippen LogP) is 8.75. The number of ketones is 1. The minimum atomic E-state index is -1.07. The number of Topliss-reactive ketones (excluding diaryl/α,β-unsaturated/α-hetero) is 1. The van der Waals surface area contributed by atoms with E-state index in [-0.39, 0.29) is 123 Å². The van der Waals surface area contributed by atoms with Crippen molar-refractivity contribution >= 4 is 58.8 Å². The van der Waals surface area contributed by atoms with Crippen LogP contribution in [0.15, 0.2) is 59.2 Å². The Kier molecular flexibility index (Phi) is 40.2. The van der Waals surface area contributed by atoms with Crippen molar-refractivity contribution in [1.82, 2.24) is 58.5 Å². The number of imide groups is 1. The number of nitrogens with one attached hydrogen (secondary N) is 10. The number of esters is 1.